The Morgan fingerprint density at radius 3 is 2.76 bits per heavy atom. The van der Waals surface area contributed by atoms with Crippen molar-refractivity contribution in [2.24, 2.45) is 0 Å². The minimum atomic E-state index is 0.119. The van der Waals surface area contributed by atoms with E-state index in [0.717, 1.165) is 25.1 Å². The van der Waals surface area contributed by atoms with Crippen molar-refractivity contribution < 1.29 is 4.74 Å². The van der Waals surface area contributed by atoms with Crippen LogP contribution in [0.15, 0.2) is 6.07 Å². The van der Waals surface area contributed by atoms with Crippen LogP contribution in [0.25, 0.3) is 0 Å². The number of halogens is 1. The standard InChI is InChI=1S/C12H20ClN3O/c1-9(2)17-11-8-10(3)15-12(16-11)14-7-5-4-6-13/h8-9H,4-7H2,1-3H3,(H,14,15,16). The van der Waals surface area contributed by atoms with Crippen LogP contribution in [0.5, 0.6) is 5.88 Å². The Morgan fingerprint density at radius 1 is 1.35 bits per heavy atom. The molecule has 1 heterocycles. The lowest BCUT2D eigenvalue weighted by atomic mass is 10.3. The van der Waals surface area contributed by atoms with E-state index in [4.69, 9.17) is 16.3 Å². The van der Waals surface area contributed by atoms with Gasteiger partial charge in [-0.25, -0.2) is 4.98 Å². The summed E-state index contributed by atoms with van der Waals surface area (Å²) in [5, 5.41) is 3.17. The SMILES string of the molecule is Cc1cc(OC(C)C)nc(NCCCCCl)n1. The number of unbranched alkanes of at least 4 members (excludes halogenated alkanes) is 1. The maximum absolute atomic E-state index is 5.61. The molecule has 0 amide bonds. The highest BCUT2D eigenvalue weighted by Gasteiger charge is 2.04. The van der Waals surface area contributed by atoms with Gasteiger partial charge < -0.3 is 10.1 Å². The Hall–Kier alpha value is -1.03. The average molecular weight is 258 g/mol. The summed E-state index contributed by atoms with van der Waals surface area (Å²) in [5.74, 6) is 1.93. The van der Waals surface area contributed by atoms with E-state index in [1.807, 2.05) is 26.8 Å². The maximum Gasteiger partial charge on any atom is 0.226 e. The largest absolute Gasteiger partial charge is 0.475 e. The highest BCUT2D eigenvalue weighted by atomic mass is 35.5. The van der Waals surface area contributed by atoms with Crippen LogP contribution in [-0.4, -0.2) is 28.5 Å². The first-order chi connectivity index (χ1) is 8.11. The molecule has 0 atom stereocenters. The van der Waals surface area contributed by atoms with E-state index in [2.05, 4.69) is 15.3 Å². The zero-order valence-corrected chi connectivity index (χ0v) is 11.4. The summed E-state index contributed by atoms with van der Waals surface area (Å²) < 4.78 is 5.55. The summed E-state index contributed by atoms with van der Waals surface area (Å²) >= 11 is 5.61. The molecule has 0 fully saturated rings. The first-order valence-electron chi connectivity index (χ1n) is 5.94. The summed E-state index contributed by atoms with van der Waals surface area (Å²) in [6.45, 7) is 6.71. The molecule has 4 nitrogen and oxygen atoms in total. The van der Waals surface area contributed by atoms with Gasteiger partial charge in [-0.1, -0.05) is 0 Å². The summed E-state index contributed by atoms with van der Waals surface area (Å²) in [7, 11) is 0. The smallest absolute Gasteiger partial charge is 0.226 e. The van der Waals surface area contributed by atoms with Gasteiger partial charge in [-0.15, -0.1) is 11.6 Å². The number of aromatic nitrogens is 2. The van der Waals surface area contributed by atoms with Gasteiger partial charge in [-0.3, -0.25) is 0 Å². The third-order valence-corrected chi connectivity index (χ3v) is 2.30. The van der Waals surface area contributed by atoms with Crippen LogP contribution < -0.4 is 10.1 Å². The van der Waals surface area contributed by atoms with Crippen LogP contribution in [0.3, 0.4) is 0 Å². The van der Waals surface area contributed by atoms with Crippen molar-refractivity contribution >= 4 is 17.5 Å². The van der Waals surface area contributed by atoms with E-state index in [0.29, 0.717) is 17.7 Å². The minimum absolute atomic E-state index is 0.119. The molecule has 0 unspecified atom stereocenters. The summed E-state index contributed by atoms with van der Waals surface area (Å²) in [6, 6.07) is 1.84. The van der Waals surface area contributed by atoms with Gasteiger partial charge in [-0.05, 0) is 33.6 Å². The number of ether oxygens (including phenoxy) is 1. The topological polar surface area (TPSA) is 47.0 Å². The maximum atomic E-state index is 5.61. The second-order valence-electron chi connectivity index (χ2n) is 4.16. The molecule has 1 N–H and O–H groups in total. The van der Waals surface area contributed by atoms with E-state index in [-0.39, 0.29) is 6.10 Å². The quantitative estimate of drug-likeness (QED) is 0.603. The predicted molar refractivity (Wildman–Crippen MR) is 71.0 cm³/mol. The molecule has 0 aromatic carbocycles. The molecule has 96 valence electrons. The third-order valence-electron chi connectivity index (χ3n) is 2.03. The molecule has 17 heavy (non-hydrogen) atoms. The van der Waals surface area contributed by atoms with E-state index in [1.165, 1.54) is 0 Å². The lowest BCUT2D eigenvalue weighted by Gasteiger charge is -2.11. The van der Waals surface area contributed by atoms with Crippen LogP contribution in [-0.2, 0) is 0 Å². The van der Waals surface area contributed by atoms with Crippen LogP contribution in [0.4, 0.5) is 5.95 Å². The minimum Gasteiger partial charge on any atom is -0.475 e. The number of aryl methyl sites for hydroxylation is 1. The highest BCUT2D eigenvalue weighted by Crippen LogP contribution is 2.13. The molecule has 1 aromatic heterocycles. The Kier molecular flexibility index (Phi) is 6.05. The Labute approximate surface area is 108 Å². The van der Waals surface area contributed by atoms with Gasteiger partial charge in [0.2, 0.25) is 11.8 Å². The molecule has 1 rings (SSSR count). The fourth-order valence-corrected chi connectivity index (χ4v) is 1.53. The Balaban J connectivity index is 2.56. The van der Waals surface area contributed by atoms with Gasteiger partial charge >= 0.3 is 0 Å². The number of alkyl halides is 1. The lowest BCUT2D eigenvalue weighted by molar-refractivity contribution is 0.232. The fraction of sp³-hybridized carbons (Fsp3) is 0.667. The number of rotatable bonds is 7. The van der Waals surface area contributed by atoms with Crippen LogP contribution in [0.1, 0.15) is 32.4 Å². The van der Waals surface area contributed by atoms with Crippen molar-refractivity contribution in [1.82, 2.24) is 9.97 Å². The molecule has 0 aliphatic carbocycles. The molecule has 0 bridgehead atoms. The number of hydrogen-bond acceptors (Lipinski definition) is 4. The van der Waals surface area contributed by atoms with E-state index in [9.17, 15) is 0 Å². The van der Waals surface area contributed by atoms with Crippen molar-refractivity contribution in [2.75, 3.05) is 17.7 Å². The van der Waals surface area contributed by atoms with E-state index in [1.54, 1.807) is 0 Å². The first-order valence-corrected chi connectivity index (χ1v) is 6.47. The van der Waals surface area contributed by atoms with Crippen molar-refractivity contribution in [3.05, 3.63) is 11.8 Å². The van der Waals surface area contributed by atoms with Gasteiger partial charge in [0, 0.05) is 24.2 Å². The third kappa shape index (κ3) is 5.73. The number of nitrogens with zero attached hydrogens (tertiary/aromatic N) is 2. The zero-order chi connectivity index (χ0) is 12.7. The summed E-state index contributed by atoms with van der Waals surface area (Å²) in [4.78, 5) is 8.60. The zero-order valence-electron chi connectivity index (χ0n) is 10.7. The molecule has 0 saturated carbocycles. The fourth-order valence-electron chi connectivity index (χ4n) is 1.34. The van der Waals surface area contributed by atoms with E-state index >= 15 is 0 Å². The van der Waals surface area contributed by atoms with Crippen molar-refractivity contribution in [2.45, 2.75) is 39.7 Å². The molecule has 1 aromatic rings. The van der Waals surface area contributed by atoms with Crippen molar-refractivity contribution in [3.8, 4) is 5.88 Å². The summed E-state index contributed by atoms with van der Waals surface area (Å²) in [5.41, 5.74) is 0.899. The summed E-state index contributed by atoms with van der Waals surface area (Å²) in [6.07, 6.45) is 2.13. The number of nitrogens with one attached hydrogen (secondary N) is 1. The molecule has 0 aliphatic heterocycles. The molecule has 0 radical (unpaired) electrons. The van der Waals surface area contributed by atoms with Gasteiger partial charge in [0.15, 0.2) is 0 Å². The molecule has 0 aliphatic rings. The predicted octanol–water partition coefficient (Wildman–Crippen LogP) is 3.00. The van der Waals surface area contributed by atoms with Crippen molar-refractivity contribution in [3.63, 3.8) is 0 Å². The van der Waals surface area contributed by atoms with Gasteiger partial charge in [0.05, 0.1) is 6.10 Å². The van der Waals surface area contributed by atoms with Crippen LogP contribution in [0.2, 0.25) is 0 Å². The first kappa shape index (κ1) is 14.0. The molecule has 0 saturated heterocycles. The van der Waals surface area contributed by atoms with Gasteiger partial charge in [0.1, 0.15) is 0 Å². The second kappa shape index (κ2) is 7.33. The average Bonchev–Trinajstić information content (AvgIpc) is 2.22. The van der Waals surface area contributed by atoms with Gasteiger partial charge in [-0.2, -0.15) is 4.98 Å². The molecular weight excluding hydrogens is 238 g/mol. The van der Waals surface area contributed by atoms with E-state index < -0.39 is 0 Å². The Morgan fingerprint density at radius 2 is 2.12 bits per heavy atom. The molecular formula is C12H20ClN3O. The second-order valence-corrected chi connectivity index (χ2v) is 4.54. The van der Waals surface area contributed by atoms with Gasteiger partial charge in [0.25, 0.3) is 0 Å². The molecule has 5 heteroatoms. The normalized spacial score (nSPS) is 10.6. The Bertz CT molecular complexity index is 345. The monoisotopic (exact) mass is 257 g/mol. The highest BCUT2D eigenvalue weighted by molar-refractivity contribution is 6.17. The van der Waals surface area contributed by atoms with Crippen molar-refractivity contribution in [1.29, 1.82) is 0 Å². The number of anilines is 1. The molecule has 0 spiro atoms. The lowest BCUT2D eigenvalue weighted by Crippen LogP contribution is -2.11. The van der Waals surface area contributed by atoms with Crippen LogP contribution >= 0.6 is 11.6 Å². The van der Waals surface area contributed by atoms with Crippen LogP contribution in [0, 0.1) is 6.92 Å². The number of hydrogen-bond donors (Lipinski definition) is 1.